The molecule has 2 atom stereocenters. The highest BCUT2D eigenvalue weighted by Crippen LogP contribution is 2.43. The number of anilines is 1. The minimum atomic E-state index is 0.00329. The Labute approximate surface area is 191 Å². The molecule has 4 rings (SSSR count). The first-order chi connectivity index (χ1) is 14.7. The molecule has 1 fully saturated rings. The van der Waals surface area contributed by atoms with Crippen LogP contribution in [-0.4, -0.2) is 59.7 Å². The quantitative estimate of drug-likeness (QED) is 0.708. The second-order valence-corrected chi connectivity index (χ2v) is 9.83. The van der Waals surface area contributed by atoms with Crippen LogP contribution in [0.3, 0.4) is 0 Å². The first-order valence-electron chi connectivity index (χ1n) is 10.9. The molecule has 0 saturated carbocycles. The van der Waals surface area contributed by atoms with Crippen molar-refractivity contribution in [3.63, 3.8) is 0 Å². The molecule has 1 aromatic heterocycles. The van der Waals surface area contributed by atoms with E-state index in [4.69, 9.17) is 12.2 Å². The van der Waals surface area contributed by atoms with Crippen LogP contribution in [0.25, 0.3) is 5.57 Å². The number of hydrogen-bond donors (Lipinski definition) is 1. The van der Waals surface area contributed by atoms with Gasteiger partial charge in [0.05, 0.1) is 23.3 Å². The molecule has 0 unspecified atom stereocenters. The van der Waals surface area contributed by atoms with Gasteiger partial charge in [-0.1, -0.05) is 18.2 Å². The van der Waals surface area contributed by atoms with Gasteiger partial charge in [0.2, 0.25) is 0 Å². The lowest BCUT2D eigenvalue weighted by Crippen LogP contribution is -2.42. The number of thiocarbonyl (C=S) groups is 1. The lowest BCUT2D eigenvalue weighted by atomic mass is 9.86. The van der Waals surface area contributed by atoms with Crippen LogP contribution < -0.4 is 10.2 Å². The highest BCUT2D eigenvalue weighted by molar-refractivity contribution is 7.80. The summed E-state index contributed by atoms with van der Waals surface area (Å²) in [6.45, 7) is 8.54. The molecule has 1 aromatic carbocycles. The van der Waals surface area contributed by atoms with E-state index in [0.717, 1.165) is 23.9 Å². The van der Waals surface area contributed by atoms with E-state index in [2.05, 4.69) is 97.3 Å². The Morgan fingerprint density at radius 3 is 2.65 bits per heavy atom. The Hall–Kier alpha value is -2.44. The maximum Gasteiger partial charge on any atom is 0.170 e. The molecular formula is C25H33N5S. The largest absolute Gasteiger partial charge is 0.366 e. The van der Waals surface area contributed by atoms with Gasteiger partial charge in [-0.3, -0.25) is 4.98 Å². The third kappa shape index (κ3) is 4.06. The van der Waals surface area contributed by atoms with Crippen molar-refractivity contribution < 1.29 is 0 Å². The smallest absolute Gasteiger partial charge is 0.170 e. The van der Waals surface area contributed by atoms with E-state index >= 15 is 0 Å². The number of nitrogens with zero attached hydrogens (tertiary/aromatic N) is 4. The van der Waals surface area contributed by atoms with Crippen molar-refractivity contribution in [2.45, 2.75) is 38.4 Å². The Bertz CT molecular complexity index is 998. The number of fused-ring (bicyclic) bond motifs is 1. The Balaban J connectivity index is 1.78. The maximum absolute atomic E-state index is 5.79. The molecular weight excluding hydrogens is 402 g/mol. The first-order valence-corrected chi connectivity index (χ1v) is 11.3. The molecule has 0 amide bonds. The molecule has 6 heteroatoms. The van der Waals surface area contributed by atoms with Gasteiger partial charge < -0.3 is 20.0 Å². The summed E-state index contributed by atoms with van der Waals surface area (Å²) < 4.78 is 0. The van der Waals surface area contributed by atoms with Crippen molar-refractivity contribution >= 4 is 28.6 Å². The summed E-state index contributed by atoms with van der Waals surface area (Å²) in [7, 11) is 6.37. The SMILES string of the molecule is CC1=CC(C)(C)N(C)c2ccc([C@@H]3[C@@H](c4ccccn4)NC(=S)N3CCN(C)C)cc21. The molecule has 0 radical (unpaired) electrons. The van der Waals surface area contributed by atoms with Crippen molar-refractivity contribution in [2.75, 3.05) is 39.1 Å². The zero-order valence-corrected chi connectivity index (χ0v) is 20.2. The number of benzene rings is 1. The van der Waals surface area contributed by atoms with Crippen molar-refractivity contribution in [3.8, 4) is 0 Å². The van der Waals surface area contributed by atoms with Gasteiger partial charge in [0.25, 0.3) is 0 Å². The molecule has 31 heavy (non-hydrogen) atoms. The fourth-order valence-electron chi connectivity index (χ4n) is 4.68. The van der Waals surface area contributed by atoms with Crippen LogP contribution in [0, 0.1) is 0 Å². The van der Waals surface area contributed by atoms with Crippen molar-refractivity contribution in [1.29, 1.82) is 0 Å². The zero-order chi connectivity index (χ0) is 22.3. The molecule has 2 aromatic rings. The third-order valence-corrected chi connectivity index (χ3v) is 6.92. The lowest BCUT2D eigenvalue weighted by molar-refractivity contribution is 0.277. The van der Waals surface area contributed by atoms with E-state index in [0.29, 0.717) is 0 Å². The average molecular weight is 436 g/mol. The van der Waals surface area contributed by atoms with Gasteiger partial charge in [0, 0.05) is 37.6 Å². The van der Waals surface area contributed by atoms with Gasteiger partial charge in [0.1, 0.15) is 0 Å². The minimum Gasteiger partial charge on any atom is -0.366 e. The molecule has 2 aliphatic rings. The van der Waals surface area contributed by atoms with Crippen LogP contribution in [0.4, 0.5) is 5.69 Å². The van der Waals surface area contributed by atoms with E-state index in [1.165, 1.54) is 22.4 Å². The molecule has 2 aliphatic heterocycles. The van der Waals surface area contributed by atoms with Crippen molar-refractivity contribution in [2.24, 2.45) is 0 Å². The van der Waals surface area contributed by atoms with Gasteiger partial charge in [-0.2, -0.15) is 0 Å². The van der Waals surface area contributed by atoms with Gasteiger partial charge in [-0.25, -0.2) is 0 Å². The molecule has 3 heterocycles. The number of aromatic nitrogens is 1. The maximum atomic E-state index is 5.79. The second-order valence-electron chi connectivity index (χ2n) is 9.44. The van der Waals surface area contributed by atoms with Gasteiger partial charge in [0.15, 0.2) is 5.11 Å². The van der Waals surface area contributed by atoms with Crippen LogP contribution in [0.1, 0.15) is 49.7 Å². The molecule has 0 spiro atoms. The van der Waals surface area contributed by atoms with Gasteiger partial charge in [-0.05, 0) is 82.5 Å². The molecule has 1 N–H and O–H groups in total. The van der Waals surface area contributed by atoms with E-state index in [1.807, 2.05) is 18.3 Å². The summed E-state index contributed by atoms with van der Waals surface area (Å²) in [6, 6.07) is 13.1. The Morgan fingerprint density at radius 1 is 1.19 bits per heavy atom. The van der Waals surface area contributed by atoms with Crippen LogP contribution in [0.5, 0.6) is 0 Å². The summed E-state index contributed by atoms with van der Waals surface area (Å²) in [5.41, 5.74) is 6.18. The number of hydrogen-bond acceptors (Lipinski definition) is 4. The first kappa shape index (κ1) is 21.8. The third-order valence-electron chi connectivity index (χ3n) is 6.57. The van der Waals surface area contributed by atoms with Gasteiger partial charge >= 0.3 is 0 Å². The standard InChI is InChI=1S/C25H33N5S/c1-17-16-25(2,3)29(6)21-11-10-18(15-19(17)21)23-22(20-9-7-8-12-26-20)27-24(31)30(23)14-13-28(4)5/h7-12,15-16,22-23H,13-14H2,1-6H3,(H,27,31)/t22-,23-/m1/s1. The van der Waals surface area contributed by atoms with Crippen molar-refractivity contribution in [1.82, 2.24) is 20.1 Å². The number of nitrogens with one attached hydrogen (secondary N) is 1. The van der Waals surface area contributed by atoms with Crippen LogP contribution >= 0.6 is 12.2 Å². The summed E-state index contributed by atoms with van der Waals surface area (Å²) in [6.07, 6.45) is 4.22. The number of allylic oxidation sites excluding steroid dienone is 1. The number of pyridine rings is 1. The highest BCUT2D eigenvalue weighted by atomic mass is 32.1. The molecule has 164 valence electrons. The summed E-state index contributed by atoms with van der Waals surface area (Å²) in [5, 5.41) is 4.35. The van der Waals surface area contributed by atoms with Crippen LogP contribution in [0.15, 0.2) is 48.7 Å². The summed E-state index contributed by atoms with van der Waals surface area (Å²) >= 11 is 5.79. The van der Waals surface area contributed by atoms with E-state index < -0.39 is 0 Å². The predicted octanol–water partition coefficient (Wildman–Crippen LogP) is 4.25. The van der Waals surface area contributed by atoms with E-state index in [1.54, 1.807) is 0 Å². The second kappa shape index (κ2) is 8.24. The molecule has 5 nitrogen and oxygen atoms in total. The zero-order valence-electron chi connectivity index (χ0n) is 19.4. The topological polar surface area (TPSA) is 34.6 Å². The molecule has 0 aliphatic carbocycles. The molecule has 1 saturated heterocycles. The van der Waals surface area contributed by atoms with Crippen molar-refractivity contribution in [3.05, 3.63) is 65.5 Å². The fourth-order valence-corrected chi connectivity index (χ4v) is 5.01. The average Bonchev–Trinajstić information content (AvgIpc) is 3.07. The normalized spacial score (nSPS) is 22.4. The van der Waals surface area contributed by atoms with E-state index in [9.17, 15) is 0 Å². The van der Waals surface area contributed by atoms with Crippen LogP contribution in [0.2, 0.25) is 0 Å². The lowest BCUT2D eigenvalue weighted by Gasteiger charge is -2.41. The number of rotatable bonds is 5. The Kier molecular flexibility index (Phi) is 5.79. The highest BCUT2D eigenvalue weighted by Gasteiger charge is 2.40. The summed E-state index contributed by atoms with van der Waals surface area (Å²) in [4.78, 5) is 11.5. The van der Waals surface area contributed by atoms with E-state index in [-0.39, 0.29) is 17.6 Å². The van der Waals surface area contributed by atoms with Gasteiger partial charge in [-0.15, -0.1) is 0 Å². The Morgan fingerprint density at radius 2 is 1.97 bits per heavy atom. The predicted molar refractivity (Wildman–Crippen MR) is 133 cm³/mol. The minimum absolute atomic E-state index is 0.00329. The molecule has 0 bridgehead atoms. The fraction of sp³-hybridized carbons (Fsp3) is 0.440. The van der Waals surface area contributed by atoms with Crippen LogP contribution in [-0.2, 0) is 0 Å². The summed E-state index contributed by atoms with van der Waals surface area (Å²) in [5.74, 6) is 0. The monoisotopic (exact) mass is 435 g/mol. The number of likely N-dealkylation sites (N-methyl/N-ethyl adjacent to an activating group) is 2.